The number of sulfonamides is 1. The summed E-state index contributed by atoms with van der Waals surface area (Å²) in [5.74, 6) is -0.692. The summed E-state index contributed by atoms with van der Waals surface area (Å²) in [6.07, 6.45) is -0.135. The molecule has 1 aliphatic heterocycles. The lowest BCUT2D eigenvalue weighted by atomic mass is 10.1. The van der Waals surface area contributed by atoms with E-state index in [1.165, 1.54) is 10.4 Å². The highest BCUT2D eigenvalue weighted by atomic mass is 32.2. The number of hydrogen-bond acceptors (Lipinski definition) is 4. The summed E-state index contributed by atoms with van der Waals surface area (Å²) < 4.78 is 40.6. The van der Waals surface area contributed by atoms with Crippen LogP contribution in [-0.4, -0.2) is 28.8 Å². The number of benzene rings is 2. The van der Waals surface area contributed by atoms with Gasteiger partial charge in [0.05, 0.1) is 24.4 Å². The molecule has 0 radical (unpaired) electrons. The zero-order valence-corrected chi connectivity index (χ0v) is 16.2. The van der Waals surface area contributed by atoms with E-state index < -0.39 is 21.7 Å². The van der Waals surface area contributed by atoms with Crippen molar-refractivity contribution in [2.24, 2.45) is 0 Å². The number of nitrogens with one attached hydrogen (secondary N) is 2. The van der Waals surface area contributed by atoms with Crippen LogP contribution in [0, 0.1) is 5.82 Å². The highest BCUT2D eigenvalue weighted by Gasteiger charge is 2.33. The van der Waals surface area contributed by atoms with Crippen molar-refractivity contribution in [1.29, 1.82) is 0 Å². The molecule has 0 unspecified atom stereocenters. The van der Waals surface area contributed by atoms with Gasteiger partial charge in [-0.05, 0) is 17.2 Å². The minimum absolute atomic E-state index is 0.0967. The zero-order chi connectivity index (χ0) is 20.4. The van der Waals surface area contributed by atoms with Crippen LogP contribution in [0.3, 0.4) is 0 Å². The molecule has 0 aliphatic carbocycles. The summed E-state index contributed by atoms with van der Waals surface area (Å²) in [5.41, 5.74) is 2.26. The second kappa shape index (κ2) is 7.76. The molecule has 7 nitrogen and oxygen atoms in total. The number of halogens is 1. The second-order valence-corrected chi connectivity index (χ2v) is 8.82. The summed E-state index contributed by atoms with van der Waals surface area (Å²) >= 11 is 0. The largest absolute Gasteiger partial charge is 0.309 e. The van der Waals surface area contributed by atoms with Gasteiger partial charge >= 0.3 is 0 Å². The Balaban J connectivity index is 1.44. The van der Waals surface area contributed by atoms with E-state index in [1.54, 1.807) is 42.5 Å². The zero-order valence-electron chi connectivity index (χ0n) is 15.4. The Morgan fingerprint density at radius 2 is 1.83 bits per heavy atom. The maximum absolute atomic E-state index is 13.7. The molecule has 0 atom stereocenters. The van der Waals surface area contributed by atoms with Crippen LogP contribution in [0.5, 0.6) is 0 Å². The predicted octanol–water partition coefficient (Wildman–Crippen LogP) is 2.58. The van der Waals surface area contributed by atoms with E-state index in [-0.39, 0.29) is 36.6 Å². The van der Waals surface area contributed by atoms with E-state index in [4.69, 9.17) is 0 Å². The molecule has 2 aromatic carbocycles. The Hall–Kier alpha value is -3.04. The molecule has 1 aliphatic rings. The van der Waals surface area contributed by atoms with Gasteiger partial charge in [0.1, 0.15) is 5.82 Å². The van der Waals surface area contributed by atoms with Crippen LogP contribution in [0.25, 0.3) is 0 Å². The van der Waals surface area contributed by atoms with Crippen molar-refractivity contribution in [2.75, 3.05) is 5.32 Å². The fourth-order valence-corrected chi connectivity index (χ4v) is 4.73. The van der Waals surface area contributed by atoms with Gasteiger partial charge in [-0.1, -0.05) is 48.5 Å². The maximum Gasteiger partial charge on any atom is 0.230 e. The fourth-order valence-electron chi connectivity index (χ4n) is 3.28. The van der Waals surface area contributed by atoms with Gasteiger partial charge in [-0.2, -0.15) is 9.40 Å². The minimum atomic E-state index is -3.53. The van der Waals surface area contributed by atoms with Gasteiger partial charge in [0.2, 0.25) is 15.9 Å². The number of fused-ring (bicyclic) bond motifs is 1. The molecule has 3 aromatic rings. The first-order chi connectivity index (χ1) is 13.9. The normalized spacial score (nSPS) is 14.0. The number of carbonyl (C=O) groups excluding carboxylic acids is 1. The Morgan fingerprint density at radius 3 is 2.59 bits per heavy atom. The molecule has 9 heteroatoms. The molecule has 1 aromatic heterocycles. The third kappa shape index (κ3) is 4.20. The molecule has 0 fully saturated rings. The van der Waals surface area contributed by atoms with Crippen molar-refractivity contribution in [2.45, 2.75) is 25.3 Å². The minimum Gasteiger partial charge on any atom is -0.309 e. The molecule has 0 bridgehead atoms. The molecular weight excluding hydrogens is 395 g/mol. The standard InChI is InChI=1S/C20H19FN4O3S/c21-17-9-5-4-8-15(17)10-19(26)22-20-16-11-25(12-18(16)23-24-20)29(27,28)13-14-6-2-1-3-7-14/h1-9H,10-13H2,(H2,22,23,24,26). The number of rotatable bonds is 6. The van der Waals surface area contributed by atoms with E-state index >= 15 is 0 Å². The number of H-pyrrole nitrogens is 1. The Labute approximate surface area is 167 Å². The van der Waals surface area contributed by atoms with Crippen molar-refractivity contribution in [3.05, 3.63) is 82.8 Å². The van der Waals surface area contributed by atoms with Crippen LogP contribution in [0.4, 0.5) is 10.2 Å². The van der Waals surface area contributed by atoms with E-state index in [1.807, 2.05) is 6.07 Å². The number of amides is 1. The van der Waals surface area contributed by atoms with Crippen molar-refractivity contribution in [1.82, 2.24) is 14.5 Å². The van der Waals surface area contributed by atoms with Gasteiger partial charge in [0.15, 0.2) is 5.82 Å². The predicted molar refractivity (Wildman–Crippen MR) is 106 cm³/mol. The lowest BCUT2D eigenvalue weighted by Crippen LogP contribution is -2.27. The first-order valence-electron chi connectivity index (χ1n) is 9.03. The lowest BCUT2D eigenvalue weighted by Gasteiger charge is -2.16. The third-order valence-electron chi connectivity index (χ3n) is 4.77. The van der Waals surface area contributed by atoms with E-state index in [0.29, 0.717) is 16.8 Å². The first-order valence-corrected chi connectivity index (χ1v) is 10.6. The van der Waals surface area contributed by atoms with Crippen molar-refractivity contribution in [3.63, 3.8) is 0 Å². The Morgan fingerprint density at radius 1 is 1.10 bits per heavy atom. The molecule has 0 spiro atoms. The maximum atomic E-state index is 13.7. The van der Waals surface area contributed by atoms with Gasteiger partial charge in [0, 0.05) is 12.1 Å². The van der Waals surface area contributed by atoms with Gasteiger partial charge in [-0.15, -0.1) is 0 Å². The molecule has 0 saturated heterocycles. The molecular formula is C20H19FN4O3S. The number of hydrogen-bond donors (Lipinski definition) is 2. The van der Waals surface area contributed by atoms with E-state index in [9.17, 15) is 17.6 Å². The molecule has 2 N–H and O–H groups in total. The lowest BCUT2D eigenvalue weighted by molar-refractivity contribution is -0.115. The van der Waals surface area contributed by atoms with Crippen molar-refractivity contribution in [3.8, 4) is 0 Å². The quantitative estimate of drug-likeness (QED) is 0.648. The highest BCUT2D eigenvalue weighted by Crippen LogP contribution is 2.30. The van der Waals surface area contributed by atoms with Crippen LogP contribution in [0.15, 0.2) is 54.6 Å². The summed E-state index contributed by atoms with van der Waals surface area (Å²) in [4.78, 5) is 12.3. The topological polar surface area (TPSA) is 95.2 Å². The van der Waals surface area contributed by atoms with Gasteiger partial charge < -0.3 is 5.32 Å². The number of nitrogens with zero attached hydrogens (tertiary/aromatic N) is 2. The van der Waals surface area contributed by atoms with Gasteiger partial charge in [-0.3, -0.25) is 9.89 Å². The Bertz CT molecular complexity index is 1150. The second-order valence-electron chi connectivity index (χ2n) is 6.86. The van der Waals surface area contributed by atoms with Gasteiger partial charge in [-0.25, -0.2) is 12.8 Å². The average Bonchev–Trinajstić information content (AvgIpc) is 3.27. The smallest absolute Gasteiger partial charge is 0.230 e. The summed E-state index contributed by atoms with van der Waals surface area (Å²) in [6.45, 7) is 0.289. The third-order valence-corrected chi connectivity index (χ3v) is 6.52. The summed E-state index contributed by atoms with van der Waals surface area (Å²) in [5, 5.41) is 9.51. The average molecular weight is 414 g/mol. The van der Waals surface area contributed by atoms with Crippen LogP contribution < -0.4 is 5.32 Å². The van der Waals surface area contributed by atoms with Gasteiger partial charge in [0.25, 0.3) is 0 Å². The van der Waals surface area contributed by atoms with Crippen LogP contribution >= 0.6 is 0 Å². The highest BCUT2D eigenvalue weighted by molar-refractivity contribution is 7.88. The molecule has 29 heavy (non-hydrogen) atoms. The summed E-state index contributed by atoms with van der Waals surface area (Å²) in [7, 11) is -3.53. The Kier molecular flexibility index (Phi) is 5.16. The monoisotopic (exact) mass is 414 g/mol. The van der Waals surface area contributed by atoms with Crippen molar-refractivity contribution >= 4 is 21.7 Å². The SMILES string of the molecule is O=C(Cc1ccccc1F)Nc1n[nH]c2c1CN(S(=O)(=O)Cc1ccccc1)C2. The number of aromatic nitrogens is 2. The van der Waals surface area contributed by atoms with Crippen LogP contribution in [-0.2, 0) is 40.1 Å². The molecule has 0 saturated carbocycles. The van der Waals surface area contributed by atoms with Crippen molar-refractivity contribution < 1.29 is 17.6 Å². The van der Waals surface area contributed by atoms with Crippen LogP contribution in [0.2, 0.25) is 0 Å². The molecule has 150 valence electrons. The molecule has 1 amide bonds. The number of anilines is 1. The molecule has 2 heterocycles. The van der Waals surface area contributed by atoms with E-state index in [0.717, 1.165) is 0 Å². The number of carbonyl (C=O) groups is 1. The molecule has 4 rings (SSSR count). The number of aromatic amines is 1. The first kappa shape index (κ1) is 19.3. The van der Waals surface area contributed by atoms with E-state index in [2.05, 4.69) is 15.5 Å². The summed E-state index contributed by atoms with van der Waals surface area (Å²) in [6, 6.07) is 15.0. The van der Waals surface area contributed by atoms with Crippen LogP contribution in [0.1, 0.15) is 22.4 Å². The fraction of sp³-hybridized carbons (Fsp3) is 0.200.